The summed E-state index contributed by atoms with van der Waals surface area (Å²) in [7, 11) is 0. The molecule has 0 aliphatic heterocycles. The number of unbranched alkanes of at least 4 members (excludes halogenated alkanes) is 1. The Balaban J connectivity index is 1.65. The Morgan fingerprint density at radius 2 is 1.92 bits per heavy atom. The van der Waals surface area contributed by atoms with Crippen LogP contribution in [0.4, 0.5) is 11.4 Å². The second-order valence-corrected chi connectivity index (χ2v) is 5.47. The van der Waals surface area contributed by atoms with Crippen LogP contribution in [0.5, 0.6) is 5.75 Å². The first-order valence-corrected chi connectivity index (χ1v) is 7.78. The minimum absolute atomic E-state index is 0.00120. The number of amides is 1. The molecule has 2 aromatic carbocycles. The monoisotopic (exact) mass is 328 g/mol. The Hall–Kier alpha value is -2.89. The van der Waals surface area contributed by atoms with Crippen LogP contribution in [0.15, 0.2) is 48.5 Å². The molecule has 0 aliphatic carbocycles. The lowest BCUT2D eigenvalue weighted by Crippen LogP contribution is -2.11. The predicted octanol–water partition coefficient (Wildman–Crippen LogP) is 4.09. The molecule has 0 bridgehead atoms. The first kappa shape index (κ1) is 17.5. The molecule has 126 valence electrons. The summed E-state index contributed by atoms with van der Waals surface area (Å²) in [5.74, 6) is 0.727. The van der Waals surface area contributed by atoms with E-state index < -0.39 is 4.92 Å². The molecular weight excluding hydrogens is 308 g/mol. The molecule has 6 heteroatoms. The van der Waals surface area contributed by atoms with Crippen molar-refractivity contribution < 1.29 is 14.5 Å². The van der Waals surface area contributed by atoms with Gasteiger partial charge in [-0.15, -0.1) is 0 Å². The van der Waals surface area contributed by atoms with Crippen LogP contribution in [0.2, 0.25) is 0 Å². The summed E-state index contributed by atoms with van der Waals surface area (Å²) in [5.41, 5.74) is 1.71. The van der Waals surface area contributed by atoms with Crippen LogP contribution in [0.1, 0.15) is 24.8 Å². The first-order valence-electron chi connectivity index (χ1n) is 7.78. The van der Waals surface area contributed by atoms with Crippen LogP contribution >= 0.6 is 0 Å². The molecule has 0 fully saturated rings. The van der Waals surface area contributed by atoms with E-state index in [-0.39, 0.29) is 11.6 Å². The minimum Gasteiger partial charge on any atom is -0.494 e. The van der Waals surface area contributed by atoms with Crippen molar-refractivity contribution in [2.45, 2.75) is 26.2 Å². The molecule has 2 rings (SSSR count). The maximum Gasteiger partial charge on any atom is 0.269 e. The summed E-state index contributed by atoms with van der Waals surface area (Å²) < 4.78 is 5.63. The summed E-state index contributed by atoms with van der Waals surface area (Å²) in [6.07, 6.45) is 1.88. The molecule has 0 radical (unpaired) electrons. The zero-order valence-electron chi connectivity index (χ0n) is 13.5. The second kappa shape index (κ2) is 8.67. The van der Waals surface area contributed by atoms with Crippen molar-refractivity contribution in [2.24, 2.45) is 0 Å². The second-order valence-electron chi connectivity index (χ2n) is 5.47. The Bertz CT molecular complexity index is 698. The van der Waals surface area contributed by atoms with Gasteiger partial charge in [-0.1, -0.05) is 12.1 Å². The number of rotatable bonds is 8. The average Bonchev–Trinajstić information content (AvgIpc) is 2.55. The lowest BCUT2D eigenvalue weighted by atomic mass is 10.2. The third-order valence-electron chi connectivity index (χ3n) is 3.42. The van der Waals surface area contributed by atoms with Crippen LogP contribution in [-0.2, 0) is 4.79 Å². The topological polar surface area (TPSA) is 81.5 Å². The van der Waals surface area contributed by atoms with Gasteiger partial charge in [0.15, 0.2) is 0 Å². The first-order chi connectivity index (χ1) is 11.5. The fourth-order valence-corrected chi connectivity index (χ4v) is 2.17. The number of ether oxygens (including phenoxy) is 1. The van der Waals surface area contributed by atoms with E-state index in [9.17, 15) is 14.9 Å². The van der Waals surface area contributed by atoms with E-state index in [1.807, 2.05) is 31.2 Å². The van der Waals surface area contributed by atoms with Crippen molar-refractivity contribution in [2.75, 3.05) is 11.9 Å². The number of benzene rings is 2. The number of nitrogens with one attached hydrogen (secondary N) is 1. The maximum absolute atomic E-state index is 11.8. The number of carbonyl (C=O) groups is 1. The van der Waals surface area contributed by atoms with Crippen molar-refractivity contribution in [1.82, 2.24) is 0 Å². The molecule has 0 aliphatic rings. The van der Waals surface area contributed by atoms with Gasteiger partial charge in [0, 0.05) is 24.2 Å². The zero-order valence-corrected chi connectivity index (χ0v) is 13.5. The van der Waals surface area contributed by atoms with Gasteiger partial charge in [-0.05, 0) is 49.6 Å². The third-order valence-corrected chi connectivity index (χ3v) is 3.42. The molecule has 0 spiro atoms. The molecule has 0 atom stereocenters. The Morgan fingerprint density at radius 3 is 2.58 bits per heavy atom. The molecular formula is C18H20N2O4. The molecule has 0 saturated carbocycles. The van der Waals surface area contributed by atoms with Crippen LogP contribution in [0, 0.1) is 17.0 Å². The van der Waals surface area contributed by atoms with E-state index in [2.05, 4.69) is 5.32 Å². The molecule has 0 heterocycles. The highest BCUT2D eigenvalue weighted by Gasteiger charge is 2.06. The lowest BCUT2D eigenvalue weighted by molar-refractivity contribution is -0.384. The minimum atomic E-state index is -0.472. The van der Waals surface area contributed by atoms with Crippen molar-refractivity contribution >= 4 is 17.3 Å². The molecule has 2 aromatic rings. The number of anilines is 1. The molecule has 24 heavy (non-hydrogen) atoms. The van der Waals surface area contributed by atoms with E-state index in [0.717, 1.165) is 17.7 Å². The molecule has 1 N–H and O–H groups in total. The number of hydrogen-bond donors (Lipinski definition) is 1. The average molecular weight is 328 g/mol. The molecule has 6 nitrogen and oxygen atoms in total. The Morgan fingerprint density at radius 1 is 1.17 bits per heavy atom. The number of non-ortho nitro benzene ring substituents is 1. The van der Waals surface area contributed by atoms with E-state index in [1.54, 1.807) is 0 Å². The maximum atomic E-state index is 11.8. The largest absolute Gasteiger partial charge is 0.494 e. The predicted molar refractivity (Wildman–Crippen MR) is 92.3 cm³/mol. The fourth-order valence-electron chi connectivity index (χ4n) is 2.17. The van der Waals surface area contributed by atoms with Crippen LogP contribution < -0.4 is 10.1 Å². The van der Waals surface area contributed by atoms with Gasteiger partial charge in [-0.25, -0.2) is 0 Å². The number of carbonyl (C=O) groups excluding carboxylic acids is 1. The van der Waals surface area contributed by atoms with Crippen LogP contribution in [-0.4, -0.2) is 17.4 Å². The smallest absolute Gasteiger partial charge is 0.269 e. The zero-order chi connectivity index (χ0) is 17.4. The number of nitro benzene ring substituents is 1. The van der Waals surface area contributed by atoms with E-state index in [0.29, 0.717) is 25.1 Å². The van der Waals surface area contributed by atoms with Crippen molar-refractivity contribution in [3.05, 3.63) is 64.2 Å². The van der Waals surface area contributed by atoms with Crippen molar-refractivity contribution in [1.29, 1.82) is 0 Å². The summed E-state index contributed by atoms with van der Waals surface area (Å²) in [5, 5.41) is 13.3. The quantitative estimate of drug-likeness (QED) is 0.449. The van der Waals surface area contributed by atoms with Gasteiger partial charge >= 0.3 is 0 Å². The SMILES string of the molecule is Cc1cccc(OCCCCC(=O)Nc2ccc([N+](=O)[O-])cc2)c1. The third kappa shape index (κ3) is 5.72. The summed E-state index contributed by atoms with van der Waals surface area (Å²) in [6, 6.07) is 13.6. The van der Waals surface area contributed by atoms with Crippen LogP contribution in [0.3, 0.4) is 0 Å². The van der Waals surface area contributed by atoms with Gasteiger partial charge in [-0.3, -0.25) is 14.9 Å². The van der Waals surface area contributed by atoms with E-state index in [4.69, 9.17) is 4.74 Å². The standard InChI is InChI=1S/C18H20N2O4/c1-14-5-4-6-17(13-14)24-12-3-2-7-18(21)19-15-8-10-16(11-9-15)20(22)23/h4-6,8-11,13H,2-3,7,12H2,1H3,(H,19,21). The number of hydrogen-bond acceptors (Lipinski definition) is 4. The highest BCUT2D eigenvalue weighted by molar-refractivity contribution is 5.90. The number of nitro groups is 1. The number of aryl methyl sites for hydroxylation is 1. The van der Waals surface area contributed by atoms with Gasteiger partial charge in [0.25, 0.3) is 5.69 Å². The fraction of sp³-hybridized carbons (Fsp3) is 0.278. The van der Waals surface area contributed by atoms with E-state index in [1.165, 1.54) is 24.3 Å². The molecule has 0 unspecified atom stereocenters. The van der Waals surface area contributed by atoms with Crippen molar-refractivity contribution in [3.63, 3.8) is 0 Å². The van der Waals surface area contributed by atoms with Crippen molar-refractivity contribution in [3.8, 4) is 5.75 Å². The molecule has 0 saturated heterocycles. The van der Waals surface area contributed by atoms with Crippen LogP contribution in [0.25, 0.3) is 0 Å². The summed E-state index contributed by atoms with van der Waals surface area (Å²) in [6.45, 7) is 2.57. The highest BCUT2D eigenvalue weighted by Crippen LogP contribution is 2.16. The molecule has 1 amide bonds. The number of nitrogens with zero attached hydrogens (tertiary/aromatic N) is 1. The molecule has 0 aromatic heterocycles. The highest BCUT2D eigenvalue weighted by atomic mass is 16.6. The van der Waals surface area contributed by atoms with Gasteiger partial charge in [0.1, 0.15) is 5.75 Å². The lowest BCUT2D eigenvalue weighted by Gasteiger charge is -2.07. The summed E-state index contributed by atoms with van der Waals surface area (Å²) >= 11 is 0. The summed E-state index contributed by atoms with van der Waals surface area (Å²) in [4.78, 5) is 21.9. The normalized spacial score (nSPS) is 10.2. The Labute approximate surface area is 140 Å². The Kier molecular flexibility index (Phi) is 6.31. The van der Waals surface area contributed by atoms with E-state index >= 15 is 0 Å². The van der Waals surface area contributed by atoms with Gasteiger partial charge in [0.2, 0.25) is 5.91 Å². The van der Waals surface area contributed by atoms with Gasteiger partial charge < -0.3 is 10.1 Å². The van der Waals surface area contributed by atoms with Gasteiger partial charge in [-0.2, -0.15) is 0 Å². The van der Waals surface area contributed by atoms with Gasteiger partial charge in [0.05, 0.1) is 11.5 Å².